The minimum Gasteiger partial charge on any atom is -0.309 e. The van der Waals surface area contributed by atoms with Crippen LogP contribution in [0, 0.1) is 0 Å². The Hall–Kier alpha value is -6.96. The second kappa shape index (κ2) is 14.3. The van der Waals surface area contributed by atoms with Crippen molar-refractivity contribution in [2.75, 3.05) is 4.90 Å². The van der Waals surface area contributed by atoms with E-state index in [1.807, 2.05) is 0 Å². The molecule has 2 aliphatic rings. The first-order chi connectivity index (χ1) is 30.4. The third kappa shape index (κ3) is 6.12. The summed E-state index contributed by atoms with van der Waals surface area (Å²) in [6.07, 6.45) is 0. The summed E-state index contributed by atoms with van der Waals surface area (Å²) in [5, 5.41) is 2.47. The van der Waals surface area contributed by atoms with Crippen molar-refractivity contribution in [3.63, 3.8) is 0 Å². The van der Waals surface area contributed by atoms with Gasteiger partial charge in [0.1, 0.15) is 0 Å². The normalized spacial score (nSPS) is 14.2. The van der Waals surface area contributed by atoms with Crippen LogP contribution in [-0.2, 0) is 16.2 Å². The Bertz CT molecular complexity index is 3250. The highest BCUT2D eigenvalue weighted by molar-refractivity contribution is 6.09. The van der Waals surface area contributed by atoms with Gasteiger partial charge in [-0.2, -0.15) is 0 Å². The first kappa shape index (κ1) is 38.9. The van der Waals surface area contributed by atoms with Crippen molar-refractivity contribution in [3.8, 4) is 55.6 Å². The molecular formula is C62H53N. The molecule has 1 heteroatoms. The van der Waals surface area contributed by atoms with Crippen LogP contribution in [0.25, 0.3) is 66.4 Å². The summed E-state index contributed by atoms with van der Waals surface area (Å²) in [4.78, 5) is 2.57. The van der Waals surface area contributed by atoms with Crippen LogP contribution in [0.1, 0.15) is 76.3 Å². The van der Waals surface area contributed by atoms with Gasteiger partial charge >= 0.3 is 0 Å². The van der Waals surface area contributed by atoms with Crippen LogP contribution in [0.2, 0.25) is 0 Å². The summed E-state index contributed by atoms with van der Waals surface area (Å²) in [6, 6.07) is 73.1. The summed E-state index contributed by atoms with van der Waals surface area (Å²) >= 11 is 0. The van der Waals surface area contributed by atoms with E-state index in [2.05, 4.69) is 247 Å². The van der Waals surface area contributed by atoms with Crippen LogP contribution in [0.3, 0.4) is 0 Å². The molecule has 0 radical (unpaired) electrons. The average Bonchev–Trinajstić information content (AvgIpc) is 3.68. The second-order valence-corrected chi connectivity index (χ2v) is 19.7. The van der Waals surface area contributed by atoms with E-state index in [-0.39, 0.29) is 16.2 Å². The lowest BCUT2D eigenvalue weighted by molar-refractivity contribution is 0.590. The number of hydrogen-bond acceptors (Lipinski definition) is 1. The number of hydrogen-bond donors (Lipinski definition) is 0. The van der Waals surface area contributed by atoms with Gasteiger partial charge in [-0.1, -0.05) is 212 Å². The molecule has 0 aromatic heterocycles. The van der Waals surface area contributed by atoms with Gasteiger partial charge in [0.2, 0.25) is 0 Å². The van der Waals surface area contributed by atoms with Crippen LogP contribution in [0.5, 0.6) is 0 Å². The second-order valence-electron chi connectivity index (χ2n) is 19.7. The predicted molar refractivity (Wildman–Crippen MR) is 269 cm³/mol. The van der Waals surface area contributed by atoms with Crippen LogP contribution >= 0.6 is 0 Å². The van der Waals surface area contributed by atoms with E-state index < -0.39 is 0 Å². The van der Waals surface area contributed by atoms with Crippen LogP contribution in [0.15, 0.2) is 194 Å². The molecule has 2 aliphatic carbocycles. The zero-order chi connectivity index (χ0) is 43.3. The maximum atomic E-state index is 2.57. The molecule has 1 nitrogen and oxygen atoms in total. The minimum absolute atomic E-state index is 0.0815. The Balaban J connectivity index is 1.22. The summed E-state index contributed by atoms with van der Waals surface area (Å²) in [7, 11) is 0. The molecule has 0 bridgehead atoms. The maximum Gasteiger partial charge on any atom is 0.0546 e. The van der Waals surface area contributed by atoms with Gasteiger partial charge in [-0.15, -0.1) is 0 Å². The highest BCUT2D eigenvalue weighted by Gasteiger charge is 2.39. The summed E-state index contributed by atoms with van der Waals surface area (Å²) in [5.41, 5.74) is 22.6. The molecule has 63 heavy (non-hydrogen) atoms. The monoisotopic (exact) mass is 811 g/mol. The third-order valence-electron chi connectivity index (χ3n) is 14.2. The summed E-state index contributed by atoms with van der Waals surface area (Å²) in [6.45, 7) is 16.4. The number of rotatable bonds is 6. The number of nitrogens with zero attached hydrogens (tertiary/aromatic N) is 1. The van der Waals surface area contributed by atoms with E-state index in [0.717, 1.165) is 17.1 Å². The van der Waals surface area contributed by atoms with Gasteiger partial charge in [-0.25, -0.2) is 0 Å². The van der Waals surface area contributed by atoms with E-state index in [0.29, 0.717) is 0 Å². The molecule has 0 saturated carbocycles. The molecule has 306 valence electrons. The first-order valence-corrected chi connectivity index (χ1v) is 22.5. The highest BCUT2D eigenvalue weighted by atomic mass is 15.1. The lowest BCUT2D eigenvalue weighted by Gasteiger charge is -2.33. The Morgan fingerprint density at radius 3 is 1.71 bits per heavy atom. The topological polar surface area (TPSA) is 3.24 Å². The molecule has 0 saturated heterocycles. The quantitative estimate of drug-likeness (QED) is 0.162. The summed E-state index contributed by atoms with van der Waals surface area (Å²) < 4.78 is 0. The Morgan fingerprint density at radius 1 is 0.381 bits per heavy atom. The molecule has 11 rings (SSSR count). The molecule has 9 aromatic carbocycles. The van der Waals surface area contributed by atoms with Gasteiger partial charge in [0.25, 0.3) is 0 Å². The zero-order valence-corrected chi connectivity index (χ0v) is 37.4. The molecule has 0 spiro atoms. The van der Waals surface area contributed by atoms with Crippen molar-refractivity contribution in [1.29, 1.82) is 0 Å². The van der Waals surface area contributed by atoms with Crippen molar-refractivity contribution >= 4 is 27.8 Å². The fraction of sp³-hybridized carbons (Fsp3) is 0.161. The highest BCUT2D eigenvalue weighted by Crippen LogP contribution is 2.57. The van der Waals surface area contributed by atoms with E-state index in [9.17, 15) is 0 Å². The number of anilines is 3. The van der Waals surface area contributed by atoms with Gasteiger partial charge in [-0.05, 0) is 119 Å². The number of benzene rings is 9. The zero-order valence-electron chi connectivity index (χ0n) is 37.4. The SMILES string of the molecule is CC(C)(C)c1ccc(-c2ccc(N(c3ccc4c(c3)-c3ccccc3C4(C)C)c3ccc4ccccc4c3-c3cccc4c3C(C)(C)c3ccccc3-4)c(-c3ccccc3)c2)cc1. The molecule has 0 aliphatic heterocycles. The number of fused-ring (bicyclic) bond motifs is 7. The van der Waals surface area contributed by atoms with Crippen LogP contribution < -0.4 is 4.90 Å². The molecule has 0 fully saturated rings. The van der Waals surface area contributed by atoms with Crippen molar-refractivity contribution in [3.05, 3.63) is 222 Å². The summed E-state index contributed by atoms with van der Waals surface area (Å²) in [5.74, 6) is 0. The fourth-order valence-electron chi connectivity index (χ4n) is 11.0. The van der Waals surface area contributed by atoms with Gasteiger partial charge in [0.15, 0.2) is 0 Å². The first-order valence-electron chi connectivity index (χ1n) is 22.5. The molecule has 0 atom stereocenters. The van der Waals surface area contributed by atoms with Gasteiger partial charge in [-0.3, -0.25) is 0 Å². The molecular weight excluding hydrogens is 759 g/mol. The smallest absolute Gasteiger partial charge is 0.0546 e. The fourth-order valence-corrected chi connectivity index (χ4v) is 11.0. The molecule has 0 amide bonds. The molecule has 0 heterocycles. The lowest BCUT2D eigenvalue weighted by Crippen LogP contribution is -2.18. The average molecular weight is 812 g/mol. The van der Waals surface area contributed by atoms with Crippen LogP contribution in [0.4, 0.5) is 17.1 Å². The van der Waals surface area contributed by atoms with Crippen LogP contribution in [-0.4, -0.2) is 0 Å². The van der Waals surface area contributed by atoms with E-state index in [4.69, 9.17) is 0 Å². The lowest BCUT2D eigenvalue weighted by atomic mass is 9.78. The third-order valence-corrected chi connectivity index (χ3v) is 14.2. The van der Waals surface area contributed by atoms with Crippen molar-refractivity contribution < 1.29 is 0 Å². The van der Waals surface area contributed by atoms with E-state index in [1.165, 1.54) is 94.2 Å². The van der Waals surface area contributed by atoms with E-state index in [1.54, 1.807) is 0 Å². The standard InChI is InChI=1S/C62H53N/c1-60(2,3)44-32-28-40(29-33-44)43-31-36-56(51(38-43)41-18-9-8-10-19-41)63(45-34-35-55-52(39-45)48-23-14-15-26-53(48)61(55,4)5)57-37-30-42-20-11-12-21-46(42)58(57)50-25-17-24-49-47-22-13-16-27-54(47)62(6,7)59(49)50/h8-39H,1-7H3. The van der Waals surface area contributed by atoms with Crippen molar-refractivity contribution in [1.82, 2.24) is 0 Å². The Labute approximate surface area is 373 Å². The van der Waals surface area contributed by atoms with Crippen molar-refractivity contribution in [2.24, 2.45) is 0 Å². The Morgan fingerprint density at radius 2 is 0.968 bits per heavy atom. The van der Waals surface area contributed by atoms with Crippen molar-refractivity contribution in [2.45, 2.75) is 64.7 Å². The van der Waals surface area contributed by atoms with Gasteiger partial charge in [0, 0.05) is 27.6 Å². The molecule has 0 unspecified atom stereocenters. The predicted octanol–water partition coefficient (Wildman–Crippen LogP) is 17.2. The largest absolute Gasteiger partial charge is 0.309 e. The van der Waals surface area contributed by atoms with Gasteiger partial charge < -0.3 is 4.90 Å². The maximum absolute atomic E-state index is 2.57. The Kier molecular flexibility index (Phi) is 8.83. The molecule has 9 aromatic rings. The minimum atomic E-state index is -0.205. The molecule has 0 N–H and O–H groups in total. The van der Waals surface area contributed by atoms with E-state index >= 15 is 0 Å². The van der Waals surface area contributed by atoms with Gasteiger partial charge in [0.05, 0.1) is 11.4 Å².